The van der Waals surface area contributed by atoms with Crippen molar-refractivity contribution < 1.29 is 0 Å². The molecule has 0 aliphatic carbocycles. The molecule has 0 radical (unpaired) electrons. The standard InChI is InChI=1S/C14H28N6/c1-5-7-8-15-14(18-12(3)4)16-9-10-20-11-17-19-13(20)6-2/h11-12H,5-10H2,1-4H3,(H2,15,16,18). The molecule has 1 aromatic heterocycles. The summed E-state index contributed by atoms with van der Waals surface area (Å²) in [6, 6.07) is 0.379. The van der Waals surface area contributed by atoms with Crippen molar-refractivity contribution in [3.05, 3.63) is 12.2 Å². The Labute approximate surface area is 122 Å². The molecule has 1 rings (SSSR count). The Morgan fingerprint density at radius 3 is 2.85 bits per heavy atom. The van der Waals surface area contributed by atoms with Gasteiger partial charge >= 0.3 is 0 Å². The van der Waals surface area contributed by atoms with Crippen molar-refractivity contribution >= 4 is 5.96 Å². The van der Waals surface area contributed by atoms with E-state index >= 15 is 0 Å². The first-order valence-electron chi connectivity index (χ1n) is 7.58. The second-order valence-electron chi connectivity index (χ2n) is 5.10. The highest BCUT2D eigenvalue weighted by atomic mass is 15.3. The van der Waals surface area contributed by atoms with Crippen LogP contribution in [0.15, 0.2) is 11.3 Å². The number of nitrogens with one attached hydrogen (secondary N) is 2. The number of nitrogens with zero attached hydrogens (tertiary/aromatic N) is 4. The lowest BCUT2D eigenvalue weighted by atomic mass is 10.3. The smallest absolute Gasteiger partial charge is 0.191 e. The van der Waals surface area contributed by atoms with Crippen LogP contribution >= 0.6 is 0 Å². The Hall–Kier alpha value is -1.59. The number of aryl methyl sites for hydroxylation is 1. The summed E-state index contributed by atoms with van der Waals surface area (Å²) in [5.41, 5.74) is 0. The molecular formula is C14H28N6. The van der Waals surface area contributed by atoms with Crippen molar-refractivity contribution in [2.24, 2.45) is 4.99 Å². The zero-order valence-corrected chi connectivity index (χ0v) is 13.2. The van der Waals surface area contributed by atoms with Crippen molar-refractivity contribution in [2.75, 3.05) is 13.1 Å². The van der Waals surface area contributed by atoms with Crippen molar-refractivity contribution in [3.63, 3.8) is 0 Å². The van der Waals surface area contributed by atoms with Gasteiger partial charge in [-0.2, -0.15) is 0 Å². The molecule has 0 saturated heterocycles. The third-order valence-corrected chi connectivity index (χ3v) is 2.86. The number of guanidine groups is 1. The van der Waals surface area contributed by atoms with E-state index in [1.54, 1.807) is 6.33 Å². The van der Waals surface area contributed by atoms with Crippen molar-refractivity contribution in [3.8, 4) is 0 Å². The molecule has 0 atom stereocenters. The van der Waals surface area contributed by atoms with Gasteiger partial charge in [-0.25, -0.2) is 0 Å². The van der Waals surface area contributed by atoms with Gasteiger partial charge in [-0.05, 0) is 20.3 Å². The summed E-state index contributed by atoms with van der Waals surface area (Å²) in [5.74, 6) is 1.91. The van der Waals surface area contributed by atoms with E-state index in [4.69, 9.17) is 0 Å². The normalized spacial score (nSPS) is 11.9. The first-order valence-corrected chi connectivity index (χ1v) is 7.58. The molecule has 0 amide bonds. The van der Waals surface area contributed by atoms with Gasteiger partial charge in [0, 0.05) is 32.1 Å². The molecule has 0 aliphatic rings. The van der Waals surface area contributed by atoms with Gasteiger partial charge in [-0.3, -0.25) is 4.99 Å². The minimum absolute atomic E-state index is 0.379. The Morgan fingerprint density at radius 1 is 1.40 bits per heavy atom. The fourth-order valence-electron chi connectivity index (χ4n) is 1.81. The largest absolute Gasteiger partial charge is 0.355 e. The fraction of sp³-hybridized carbons (Fsp3) is 0.786. The number of unbranched alkanes of at least 4 members (excludes halogenated alkanes) is 1. The molecule has 2 N–H and O–H groups in total. The molecule has 0 fully saturated rings. The van der Waals surface area contributed by atoms with Crippen LogP contribution in [-0.2, 0) is 13.0 Å². The molecular weight excluding hydrogens is 252 g/mol. The molecule has 0 unspecified atom stereocenters. The van der Waals surface area contributed by atoms with Gasteiger partial charge < -0.3 is 15.2 Å². The van der Waals surface area contributed by atoms with Crippen LogP contribution in [0, 0.1) is 0 Å². The summed E-state index contributed by atoms with van der Waals surface area (Å²) >= 11 is 0. The lowest BCUT2D eigenvalue weighted by Crippen LogP contribution is -2.42. The minimum Gasteiger partial charge on any atom is -0.355 e. The Balaban J connectivity index is 2.43. The molecule has 114 valence electrons. The van der Waals surface area contributed by atoms with Crippen LogP contribution in [0.2, 0.25) is 0 Å². The van der Waals surface area contributed by atoms with Gasteiger partial charge in [0.05, 0.1) is 0 Å². The van der Waals surface area contributed by atoms with E-state index in [0.29, 0.717) is 6.04 Å². The van der Waals surface area contributed by atoms with Gasteiger partial charge in [0.1, 0.15) is 12.2 Å². The van der Waals surface area contributed by atoms with E-state index in [1.807, 2.05) is 0 Å². The summed E-state index contributed by atoms with van der Waals surface area (Å²) in [7, 11) is 0. The number of aliphatic imine (C=N–C) groups is 1. The van der Waals surface area contributed by atoms with E-state index in [2.05, 4.69) is 58.1 Å². The molecule has 1 heterocycles. The Kier molecular flexibility index (Phi) is 7.69. The van der Waals surface area contributed by atoms with Gasteiger partial charge in [-0.15, -0.1) is 10.2 Å². The van der Waals surface area contributed by atoms with E-state index in [1.165, 1.54) is 6.42 Å². The first-order chi connectivity index (χ1) is 9.67. The summed E-state index contributed by atoms with van der Waals surface area (Å²) < 4.78 is 2.08. The van der Waals surface area contributed by atoms with E-state index in [-0.39, 0.29) is 0 Å². The van der Waals surface area contributed by atoms with Crippen LogP contribution < -0.4 is 10.6 Å². The van der Waals surface area contributed by atoms with E-state index < -0.39 is 0 Å². The highest BCUT2D eigenvalue weighted by Crippen LogP contribution is 1.95. The van der Waals surface area contributed by atoms with Gasteiger partial charge in [0.15, 0.2) is 5.96 Å². The topological polar surface area (TPSA) is 67.1 Å². The van der Waals surface area contributed by atoms with Crippen molar-refractivity contribution in [1.82, 2.24) is 25.4 Å². The lowest BCUT2D eigenvalue weighted by molar-refractivity contribution is 0.621. The monoisotopic (exact) mass is 280 g/mol. The third-order valence-electron chi connectivity index (χ3n) is 2.86. The SMILES string of the molecule is CCCCN=C(NCCn1cnnc1CC)NC(C)C. The average Bonchev–Trinajstić information content (AvgIpc) is 2.85. The number of hydrogen-bond acceptors (Lipinski definition) is 3. The first kappa shape index (κ1) is 16.5. The molecule has 0 bridgehead atoms. The van der Waals surface area contributed by atoms with Gasteiger partial charge in [-0.1, -0.05) is 20.3 Å². The van der Waals surface area contributed by atoms with Crippen LogP contribution in [0.5, 0.6) is 0 Å². The highest BCUT2D eigenvalue weighted by Gasteiger charge is 2.03. The highest BCUT2D eigenvalue weighted by molar-refractivity contribution is 5.79. The fourth-order valence-corrected chi connectivity index (χ4v) is 1.81. The maximum atomic E-state index is 4.57. The predicted molar refractivity (Wildman–Crippen MR) is 82.9 cm³/mol. The van der Waals surface area contributed by atoms with Gasteiger partial charge in [0.2, 0.25) is 0 Å². The molecule has 6 heteroatoms. The average molecular weight is 280 g/mol. The van der Waals surface area contributed by atoms with E-state index in [0.717, 1.165) is 44.3 Å². The molecule has 0 aliphatic heterocycles. The number of rotatable bonds is 8. The van der Waals surface area contributed by atoms with Crippen molar-refractivity contribution in [1.29, 1.82) is 0 Å². The predicted octanol–water partition coefficient (Wildman–Crippen LogP) is 1.58. The number of hydrogen-bond donors (Lipinski definition) is 2. The second-order valence-corrected chi connectivity index (χ2v) is 5.10. The summed E-state index contributed by atoms with van der Waals surface area (Å²) in [5, 5.41) is 14.7. The number of aromatic nitrogens is 3. The maximum Gasteiger partial charge on any atom is 0.191 e. The molecule has 1 aromatic rings. The summed E-state index contributed by atoms with van der Waals surface area (Å²) in [6.45, 7) is 11.0. The molecule has 0 saturated carbocycles. The van der Waals surface area contributed by atoms with Crippen LogP contribution in [-0.4, -0.2) is 39.9 Å². The van der Waals surface area contributed by atoms with Crippen LogP contribution in [0.25, 0.3) is 0 Å². The third kappa shape index (κ3) is 6.04. The quantitative estimate of drug-likeness (QED) is 0.431. The minimum atomic E-state index is 0.379. The van der Waals surface area contributed by atoms with Crippen LogP contribution in [0.4, 0.5) is 0 Å². The summed E-state index contributed by atoms with van der Waals surface area (Å²) in [4.78, 5) is 4.57. The Morgan fingerprint density at radius 2 is 2.20 bits per heavy atom. The zero-order valence-electron chi connectivity index (χ0n) is 13.2. The van der Waals surface area contributed by atoms with Gasteiger partial charge in [0.25, 0.3) is 0 Å². The lowest BCUT2D eigenvalue weighted by Gasteiger charge is -2.15. The van der Waals surface area contributed by atoms with Crippen molar-refractivity contribution in [2.45, 2.75) is 59.5 Å². The Bertz CT molecular complexity index is 396. The van der Waals surface area contributed by atoms with E-state index in [9.17, 15) is 0 Å². The maximum absolute atomic E-state index is 4.57. The van der Waals surface area contributed by atoms with Crippen LogP contribution in [0.3, 0.4) is 0 Å². The molecule has 6 nitrogen and oxygen atoms in total. The molecule has 0 spiro atoms. The zero-order chi connectivity index (χ0) is 14.8. The second kappa shape index (κ2) is 9.34. The molecule has 20 heavy (non-hydrogen) atoms. The molecule has 0 aromatic carbocycles. The summed E-state index contributed by atoms with van der Waals surface area (Å²) in [6.07, 6.45) is 4.97. The van der Waals surface area contributed by atoms with Crippen LogP contribution in [0.1, 0.15) is 46.4 Å².